The molecule has 0 bridgehead atoms. The van der Waals surface area contributed by atoms with Gasteiger partial charge < -0.3 is 20.3 Å². The predicted octanol–water partition coefficient (Wildman–Crippen LogP) is 7.37. The van der Waals surface area contributed by atoms with Gasteiger partial charge in [-0.25, -0.2) is 0 Å². The molecule has 0 aromatic heterocycles. The van der Waals surface area contributed by atoms with E-state index in [1.54, 1.807) is 24.3 Å². The number of nitrogens with one attached hydrogen (secondary N) is 2. The molecule has 7 nitrogen and oxygen atoms in total. The van der Waals surface area contributed by atoms with Crippen molar-refractivity contribution in [2.24, 2.45) is 5.92 Å². The molecule has 45 heavy (non-hydrogen) atoms. The lowest BCUT2D eigenvalue weighted by Gasteiger charge is -2.37. The Labute approximate surface area is 268 Å². The zero-order chi connectivity index (χ0) is 31.9. The maximum atomic E-state index is 13.6. The van der Waals surface area contributed by atoms with Gasteiger partial charge in [-0.15, -0.1) is 0 Å². The average molecular weight is 612 g/mol. The van der Waals surface area contributed by atoms with E-state index in [0.29, 0.717) is 30.0 Å². The van der Waals surface area contributed by atoms with Crippen molar-refractivity contribution in [1.82, 2.24) is 15.5 Å². The lowest BCUT2D eigenvalue weighted by molar-refractivity contribution is -0.150. The number of para-hydroxylation sites is 1. The first-order valence-electron chi connectivity index (χ1n) is 16.7. The van der Waals surface area contributed by atoms with Crippen LogP contribution in [0.5, 0.6) is 11.5 Å². The molecule has 1 saturated carbocycles. The average Bonchev–Trinajstić information content (AvgIpc) is 3.05. The molecule has 2 aliphatic rings. The SMILES string of the molecule is CC1CCCCC1.CCCCCCNC(=O)C(c1ccc(Oc2ccccc2)cc1)N1CC(=O)N[C@@H](Cc2ccccc2)C1=O. The summed E-state index contributed by atoms with van der Waals surface area (Å²) in [7, 11) is 0. The summed E-state index contributed by atoms with van der Waals surface area (Å²) in [5.41, 5.74) is 1.56. The fourth-order valence-electron chi connectivity index (χ4n) is 5.92. The van der Waals surface area contributed by atoms with Crippen molar-refractivity contribution >= 4 is 17.7 Å². The predicted molar refractivity (Wildman–Crippen MR) is 179 cm³/mol. The highest BCUT2D eigenvalue weighted by Gasteiger charge is 2.40. The molecule has 240 valence electrons. The summed E-state index contributed by atoms with van der Waals surface area (Å²) in [5, 5.41) is 5.81. The smallest absolute Gasteiger partial charge is 0.247 e. The first-order chi connectivity index (χ1) is 21.9. The Morgan fingerprint density at radius 2 is 1.51 bits per heavy atom. The molecule has 3 amide bonds. The molecule has 0 radical (unpaired) electrons. The van der Waals surface area contributed by atoms with Crippen LogP contribution in [0, 0.1) is 5.92 Å². The van der Waals surface area contributed by atoms with E-state index < -0.39 is 12.1 Å². The number of benzene rings is 3. The Morgan fingerprint density at radius 1 is 0.867 bits per heavy atom. The summed E-state index contributed by atoms with van der Waals surface area (Å²) in [6.07, 6.45) is 11.9. The number of unbranched alkanes of at least 4 members (excludes halogenated alkanes) is 3. The Morgan fingerprint density at radius 3 is 2.13 bits per heavy atom. The second-order valence-electron chi connectivity index (χ2n) is 12.3. The molecule has 1 saturated heterocycles. The number of piperazine rings is 1. The van der Waals surface area contributed by atoms with Crippen LogP contribution in [-0.2, 0) is 20.8 Å². The number of amides is 3. The van der Waals surface area contributed by atoms with Crippen molar-refractivity contribution < 1.29 is 19.1 Å². The van der Waals surface area contributed by atoms with Crippen LogP contribution < -0.4 is 15.4 Å². The standard InChI is InChI=1S/C31H35N3O4.C7H14/c1-2-3-4-11-20-32-30(36)29(24-16-18-26(19-17-24)38-25-14-9-6-10-15-25)34-22-28(35)33-27(31(34)37)21-23-12-7-5-8-13-23;1-7-5-3-2-4-6-7/h5-10,12-19,27,29H,2-4,11,20-22H2,1H3,(H,32,36)(H,33,35);7H,2-6H2,1H3/t27-,29?;/m0./s1. The van der Waals surface area contributed by atoms with Crippen molar-refractivity contribution in [2.45, 2.75) is 90.1 Å². The van der Waals surface area contributed by atoms with Gasteiger partial charge in [0.2, 0.25) is 17.7 Å². The minimum Gasteiger partial charge on any atom is -0.457 e. The zero-order valence-electron chi connectivity index (χ0n) is 26.9. The fourth-order valence-corrected chi connectivity index (χ4v) is 5.92. The van der Waals surface area contributed by atoms with Crippen LogP contribution >= 0.6 is 0 Å². The van der Waals surface area contributed by atoms with Crippen molar-refractivity contribution in [3.8, 4) is 11.5 Å². The number of carbonyl (C=O) groups is 3. The Hall–Kier alpha value is -4.13. The number of nitrogens with zero attached hydrogens (tertiary/aromatic N) is 1. The largest absolute Gasteiger partial charge is 0.457 e. The van der Waals surface area contributed by atoms with Crippen LogP contribution in [0.4, 0.5) is 0 Å². The third-order valence-corrected chi connectivity index (χ3v) is 8.47. The molecule has 2 fully saturated rings. The van der Waals surface area contributed by atoms with E-state index in [1.165, 1.54) is 37.0 Å². The molecule has 3 aromatic rings. The van der Waals surface area contributed by atoms with Gasteiger partial charge in [0.1, 0.15) is 30.1 Å². The van der Waals surface area contributed by atoms with Gasteiger partial charge in [-0.3, -0.25) is 14.4 Å². The monoisotopic (exact) mass is 611 g/mol. The first-order valence-corrected chi connectivity index (χ1v) is 16.7. The molecular formula is C38H49N3O4. The van der Waals surface area contributed by atoms with Gasteiger partial charge in [0.05, 0.1) is 0 Å². The van der Waals surface area contributed by atoms with Crippen molar-refractivity contribution in [3.05, 3.63) is 96.1 Å². The lowest BCUT2D eigenvalue weighted by Crippen LogP contribution is -2.61. The molecule has 5 rings (SSSR count). The van der Waals surface area contributed by atoms with Gasteiger partial charge in [0.15, 0.2) is 0 Å². The number of carbonyl (C=O) groups excluding carboxylic acids is 3. The summed E-state index contributed by atoms with van der Waals surface area (Å²) in [6.45, 7) is 4.84. The van der Waals surface area contributed by atoms with E-state index in [4.69, 9.17) is 4.74 Å². The van der Waals surface area contributed by atoms with Crippen molar-refractivity contribution in [3.63, 3.8) is 0 Å². The molecule has 1 unspecified atom stereocenters. The van der Waals surface area contributed by atoms with Crippen LogP contribution in [0.2, 0.25) is 0 Å². The van der Waals surface area contributed by atoms with Gasteiger partial charge >= 0.3 is 0 Å². The van der Waals surface area contributed by atoms with E-state index in [0.717, 1.165) is 37.2 Å². The highest BCUT2D eigenvalue weighted by Crippen LogP contribution is 2.28. The lowest BCUT2D eigenvalue weighted by atomic mass is 9.91. The highest BCUT2D eigenvalue weighted by atomic mass is 16.5. The van der Waals surface area contributed by atoms with E-state index >= 15 is 0 Å². The Kier molecular flexibility index (Phi) is 13.5. The maximum absolute atomic E-state index is 13.6. The summed E-state index contributed by atoms with van der Waals surface area (Å²) in [5.74, 6) is 1.50. The minimum atomic E-state index is -0.927. The maximum Gasteiger partial charge on any atom is 0.247 e. The highest BCUT2D eigenvalue weighted by molar-refractivity contribution is 5.98. The molecule has 0 spiro atoms. The van der Waals surface area contributed by atoms with Gasteiger partial charge in [-0.1, -0.05) is 126 Å². The molecular weight excluding hydrogens is 562 g/mol. The minimum absolute atomic E-state index is 0.180. The van der Waals surface area contributed by atoms with Crippen LogP contribution in [0.15, 0.2) is 84.9 Å². The molecule has 7 heteroatoms. The normalized spacial score (nSPS) is 17.5. The van der Waals surface area contributed by atoms with E-state index in [2.05, 4.69) is 24.5 Å². The molecule has 1 aliphatic heterocycles. The topological polar surface area (TPSA) is 87.7 Å². The van der Waals surface area contributed by atoms with Gasteiger partial charge in [-0.2, -0.15) is 0 Å². The summed E-state index contributed by atoms with van der Waals surface area (Å²) in [6, 6.07) is 24.4. The third-order valence-electron chi connectivity index (χ3n) is 8.47. The molecule has 3 aromatic carbocycles. The van der Waals surface area contributed by atoms with E-state index in [-0.39, 0.29) is 24.3 Å². The van der Waals surface area contributed by atoms with Crippen LogP contribution in [0.1, 0.15) is 88.8 Å². The van der Waals surface area contributed by atoms with Crippen molar-refractivity contribution in [2.75, 3.05) is 13.1 Å². The first kappa shape index (κ1) is 33.8. The van der Waals surface area contributed by atoms with Crippen LogP contribution in [0.3, 0.4) is 0 Å². The van der Waals surface area contributed by atoms with Gasteiger partial charge in [-0.05, 0) is 47.7 Å². The summed E-state index contributed by atoms with van der Waals surface area (Å²) in [4.78, 5) is 41.2. The zero-order valence-corrected chi connectivity index (χ0v) is 26.9. The third kappa shape index (κ3) is 10.8. The summed E-state index contributed by atoms with van der Waals surface area (Å²) < 4.78 is 5.90. The van der Waals surface area contributed by atoms with Gasteiger partial charge in [0, 0.05) is 13.0 Å². The van der Waals surface area contributed by atoms with E-state index in [9.17, 15) is 14.4 Å². The number of hydrogen-bond donors (Lipinski definition) is 2. The molecule has 1 aliphatic carbocycles. The van der Waals surface area contributed by atoms with Crippen molar-refractivity contribution in [1.29, 1.82) is 0 Å². The molecule has 2 atom stereocenters. The number of ether oxygens (including phenoxy) is 1. The second kappa shape index (κ2) is 18.0. The second-order valence-corrected chi connectivity index (χ2v) is 12.3. The molecule has 1 heterocycles. The quantitative estimate of drug-likeness (QED) is 0.209. The molecule has 2 N–H and O–H groups in total. The van der Waals surface area contributed by atoms with Crippen LogP contribution in [0.25, 0.3) is 0 Å². The van der Waals surface area contributed by atoms with E-state index in [1.807, 2.05) is 60.7 Å². The summed E-state index contributed by atoms with van der Waals surface area (Å²) >= 11 is 0. The number of rotatable bonds is 12. The van der Waals surface area contributed by atoms with Crippen LogP contribution in [-0.4, -0.2) is 41.8 Å². The Bertz CT molecular complexity index is 1320. The number of hydrogen-bond acceptors (Lipinski definition) is 4. The van der Waals surface area contributed by atoms with Gasteiger partial charge in [0.25, 0.3) is 0 Å². The Balaban J connectivity index is 0.000000580. The fraction of sp³-hybridized carbons (Fsp3) is 0.447.